The Hall–Kier alpha value is -1.35. The molecule has 0 aromatic heterocycles. The van der Waals surface area contributed by atoms with E-state index < -0.39 is 0 Å². The van der Waals surface area contributed by atoms with Gasteiger partial charge in [0.2, 0.25) is 0 Å². The van der Waals surface area contributed by atoms with Gasteiger partial charge in [-0.25, -0.2) is 4.39 Å². The van der Waals surface area contributed by atoms with E-state index in [2.05, 4.69) is 34.1 Å². The fraction of sp³-hybridized carbons (Fsp3) is 0.250. The Morgan fingerprint density at radius 1 is 1.05 bits per heavy atom. The standard InChI is InChI=1S/C16H14BrFO/c17-15-7-6-14(9-16(15)18)19-10-11-4-5-12-2-1-3-13(12)8-11/h4-9H,1-3,10H2. The Morgan fingerprint density at radius 3 is 2.74 bits per heavy atom. The smallest absolute Gasteiger partial charge is 0.141 e. The molecule has 0 spiro atoms. The van der Waals surface area contributed by atoms with Crippen LogP contribution in [0.3, 0.4) is 0 Å². The van der Waals surface area contributed by atoms with Crippen LogP contribution in [0.4, 0.5) is 4.39 Å². The first-order chi connectivity index (χ1) is 9.22. The molecule has 0 amide bonds. The number of halogens is 2. The van der Waals surface area contributed by atoms with Gasteiger partial charge in [0.05, 0.1) is 4.47 Å². The number of aryl methyl sites for hydroxylation is 2. The van der Waals surface area contributed by atoms with E-state index in [1.807, 2.05) is 0 Å². The molecule has 0 atom stereocenters. The van der Waals surface area contributed by atoms with Crippen LogP contribution >= 0.6 is 15.9 Å². The van der Waals surface area contributed by atoms with Crippen molar-refractivity contribution in [3.63, 3.8) is 0 Å². The van der Waals surface area contributed by atoms with Crippen molar-refractivity contribution in [1.29, 1.82) is 0 Å². The van der Waals surface area contributed by atoms with Gasteiger partial charge in [-0.15, -0.1) is 0 Å². The quantitative estimate of drug-likeness (QED) is 0.799. The largest absolute Gasteiger partial charge is 0.489 e. The zero-order valence-corrected chi connectivity index (χ0v) is 12.0. The maximum atomic E-state index is 13.4. The molecule has 3 heteroatoms. The first-order valence-electron chi connectivity index (χ1n) is 6.41. The van der Waals surface area contributed by atoms with Gasteiger partial charge in [0.25, 0.3) is 0 Å². The fourth-order valence-electron chi connectivity index (χ4n) is 2.45. The van der Waals surface area contributed by atoms with Crippen LogP contribution in [0.2, 0.25) is 0 Å². The van der Waals surface area contributed by atoms with Crippen molar-refractivity contribution in [2.75, 3.05) is 0 Å². The highest BCUT2D eigenvalue weighted by molar-refractivity contribution is 9.10. The summed E-state index contributed by atoms with van der Waals surface area (Å²) in [5.41, 5.74) is 4.03. The van der Waals surface area contributed by atoms with Crippen LogP contribution in [0.1, 0.15) is 23.1 Å². The van der Waals surface area contributed by atoms with E-state index in [9.17, 15) is 4.39 Å². The van der Waals surface area contributed by atoms with Crippen LogP contribution in [-0.4, -0.2) is 0 Å². The topological polar surface area (TPSA) is 9.23 Å². The molecule has 98 valence electrons. The summed E-state index contributed by atoms with van der Waals surface area (Å²) in [6, 6.07) is 11.3. The molecule has 2 aromatic carbocycles. The van der Waals surface area contributed by atoms with Gasteiger partial charge in [-0.1, -0.05) is 18.2 Å². The number of benzene rings is 2. The van der Waals surface area contributed by atoms with E-state index >= 15 is 0 Å². The van der Waals surface area contributed by atoms with Gasteiger partial charge in [-0.05, 0) is 64.0 Å². The third-order valence-electron chi connectivity index (χ3n) is 3.46. The lowest BCUT2D eigenvalue weighted by atomic mass is 10.1. The number of hydrogen-bond donors (Lipinski definition) is 0. The van der Waals surface area contributed by atoms with Crippen LogP contribution in [-0.2, 0) is 19.4 Å². The summed E-state index contributed by atoms with van der Waals surface area (Å²) in [7, 11) is 0. The number of ether oxygens (including phenoxy) is 1. The monoisotopic (exact) mass is 320 g/mol. The summed E-state index contributed by atoms with van der Waals surface area (Å²) in [4.78, 5) is 0. The first-order valence-corrected chi connectivity index (χ1v) is 7.20. The van der Waals surface area contributed by atoms with Gasteiger partial charge in [-0.2, -0.15) is 0 Å². The molecule has 1 aliphatic carbocycles. The van der Waals surface area contributed by atoms with Crippen molar-refractivity contribution in [2.24, 2.45) is 0 Å². The van der Waals surface area contributed by atoms with Crippen molar-refractivity contribution in [3.8, 4) is 5.75 Å². The SMILES string of the molecule is Fc1cc(OCc2ccc3c(c2)CCC3)ccc1Br. The Balaban J connectivity index is 1.70. The summed E-state index contributed by atoms with van der Waals surface area (Å²) in [5.74, 6) is 0.257. The van der Waals surface area contributed by atoms with Crippen LogP contribution in [0.25, 0.3) is 0 Å². The van der Waals surface area contributed by atoms with E-state index in [0.29, 0.717) is 16.8 Å². The molecule has 2 aromatic rings. The predicted molar refractivity (Wildman–Crippen MR) is 76.9 cm³/mol. The van der Waals surface area contributed by atoms with Crippen molar-refractivity contribution in [1.82, 2.24) is 0 Å². The average molecular weight is 321 g/mol. The van der Waals surface area contributed by atoms with Crippen LogP contribution < -0.4 is 4.74 Å². The number of rotatable bonds is 3. The van der Waals surface area contributed by atoms with E-state index in [1.165, 1.54) is 30.0 Å². The highest BCUT2D eigenvalue weighted by Gasteiger charge is 2.11. The molecule has 0 N–H and O–H groups in total. The van der Waals surface area contributed by atoms with Gasteiger partial charge in [-0.3, -0.25) is 0 Å². The lowest BCUT2D eigenvalue weighted by molar-refractivity contribution is 0.304. The molecule has 0 saturated carbocycles. The second-order valence-electron chi connectivity index (χ2n) is 4.82. The summed E-state index contributed by atoms with van der Waals surface area (Å²) in [6.07, 6.45) is 3.60. The highest BCUT2D eigenvalue weighted by atomic mass is 79.9. The highest BCUT2D eigenvalue weighted by Crippen LogP contribution is 2.24. The zero-order chi connectivity index (χ0) is 13.2. The van der Waals surface area contributed by atoms with Crippen LogP contribution in [0, 0.1) is 5.82 Å². The lowest BCUT2D eigenvalue weighted by Crippen LogP contribution is -1.97. The van der Waals surface area contributed by atoms with Gasteiger partial charge in [0.1, 0.15) is 18.2 Å². The summed E-state index contributed by atoms with van der Waals surface area (Å²) in [6.45, 7) is 0.481. The molecule has 0 fully saturated rings. The minimum Gasteiger partial charge on any atom is -0.489 e. The van der Waals surface area contributed by atoms with Crippen molar-refractivity contribution < 1.29 is 9.13 Å². The molecule has 0 radical (unpaired) electrons. The van der Waals surface area contributed by atoms with Crippen LogP contribution in [0.15, 0.2) is 40.9 Å². The molecular weight excluding hydrogens is 307 g/mol. The van der Waals surface area contributed by atoms with Gasteiger partial charge >= 0.3 is 0 Å². The molecule has 19 heavy (non-hydrogen) atoms. The molecule has 0 heterocycles. The molecule has 0 saturated heterocycles. The second kappa shape index (κ2) is 5.33. The van der Waals surface area contributed by atoms with Gasteiger partial charge in [0.15, 0.2) is 0 Å². The molecule has 1 nitrogen and oxygen atoms in total. The van der Waals surface area contributed by atoms with E-state index in [-0.39, 0.29) is 5.82 Å². The molecule has 3 rings (SSSR count). The Bertz CT molecular complexity index is 610. The Morgan fingerprint density at radius 2 is 1.89 bits per heavy atom. The maximum Gasteiger partial charge on any atom is 0.141 e. The fourth-order valence-corrected chi connectivity index (χ4v) is 2.69. The van der Waals surface area contributed by atoms with Crippen molar-refractivity contribution in [3.05, 3.63) is 63.4 Å². The van der Waals surface area contributed by atoms with E-state index in [1.54, 1.807) is 12.1 Å². The zero-order valence-electron chi connectivity index (χ0n) is 10.5. The number of fused-ring (bicyclic) bond motifs is 1. The molecule has 1 aliphatic rings. The summed E-state index contributed by atoms with van der Waals surface area (Å²) in [5, 5.41) is 0. The minimum absolute atomic E-state index is 0.300. The average Bonchev–Trinajstić information content (AvgIpc) is 2.87. The van der Waals surface area contributed by atoms with E-state index in [0.717, 1.165) is 12.0 Å². The normalized spacial score (nSPS) is 13.4. The third kappa shape index (κ3) is 2.81. The van der Waals surface area contributed by atoms with Crippen molar-refractivity contribution >= 4 is 15.9 Å². The second-order valence-corrected chi connectivity index (χ2v) is 5.68. The summed E-state index contributed by atoms with van der Waals surface area (Å²) < 4.78 is 19.4. The maximum absolute atomic E-state index is 13.4. The van der Waals surface area contributed by atoms with E-state index in [4.69, 9.17) is 4.74 Å². The predicted octanol–water partition coefficient (Wildman–Crippen LogP) is 4.66. The Labute approximate surface area is 120 Å². The molecular formula is C16H14BrFO. The molecule has 0 unspecified atom stereocenters. The van der Waals surface area contributed by atoms with Crippen molar-refractivity contribution in [2.45, 2.75) is 25.9 Å². The third-order valence-corrected chi connectivity index (χ3v) is 4.10. The minimum atomic E-state index is -0.300. The first kappa shape index (κ1) is 12.7. The lowest BCUT2D eigenvalue weighted by Gasteiger charge is -2.08. The van der Waals surface area contributed by atoms with Gasteiger partial charge in [0, 0.05) is 6.07 Å². The number of hydrogen-bond acceptors (Lipinski definition) is 1. The summed E-state index contributed by atoms with van der Waals surface area (Å²) >= 11 is 3.13. The molecule has 0 aliphatic heterocycles. The Kier molecular flexibility index (Phi) is 3.56. The molecule has 0 bridgehead atoms. The van der Waals surface area contributed by atoms with Gasteiger partial charge < -0.3 is 4.74 Å². The van der Waals surface area contributed by atoms with Crippen LogP contribution in [0.5, 0.6) is 5.75 Å².